The molecule has 0 radical (unpaired) electrons. The number of benzene rings is 1. The molecule has 0 spiro atoms. The minimum absolute atomic E-state index is 0.107. The summed E-state index contributed by atoms with van der Waals surface area (Å²) < 4.78 is 0. The van der Waals surface area contributed by atoms with Gasteiger partial charge in [0.25, 0.3) is 0 Å². The van der Waals surface area contributed by atoms with E-state index in [4.69, 9.17) is 5.11 Å². The Hall–Kier alpha value is -1.39. The van der Waals surface area contributed by atoms with Crippen LogP contribution in [0.3, 0.4) is 0 Å². The Morgan fingerprint density at radius 3 is 2.75 bits per heavy atom. The van der Waals surface area contributed by atoms with Crippen molar-refractivity contribution in [2.24, 2.45) is 0 Å². The topological polar surface area (TPSA) is 52.6 Å². The molecule has 1 aliphatic rings. The SMILES string of the molecule is CCN(Cc1ccccc1CC(=O)O)CC1CCCN1. The van der Waals surface area contributed by atoms with Crippen molar-refractivity contribution >= 4 is 5.97 Å². The molecule has 4 heteroatoms. The van der Waals surface area contributed by atoms with Gasteiger partial charge in [0.1, 0.15) is 0 Å². The summed E-state index contributed by atoms with van der Waals surface area (Å²) in [5.41, 5.74) is 2.06. The van der Waals surface area contributed by atoms with Gasteiger partial charge in [-0.3, -0.25) is 9.69 Å². The Morgan fingerprint density at radius 1 is 1.40 bits per heavy atom. The first-order valence-electron chi connectivity index (χ1n) is 7.43. The summed E-state index contributed by atoms with van der Waals surface area (Å²) in [5, 5.41) is 12.5. The van der Waals surface area contributed by atoms with Gasteiger partial charge in [-0.15, -0.1) is 0 Å². The number of carboxylic acid groups (broad SMARTS) is 1. The molecule has 1 aliphatic heterocycles. The zero-order chi connectivity index (χ0) is 14.4. The van der Waals surface area contributed by atoms with Crippen molar-refractivity contribution in [3.05, 3.63) is 35.4 Å². The lowest BCUT2D eigenvalue weighted by molar-refractivity contribution is -0.136. The second kappa shape index (κ2) is 7.41. The highest BCUT2D eigenvalue weighted by Gasteiger charge is 2.18. The van der Waals surface area contributed by atoms with Crippen LogP contribution in [0.4, 0.5) is 0 Å². The maximum absolute atomic E-state index is 10.9. The monoisotopic (exact) mass is 276 g/mol. The van der Waals surface area contributed by atoms with Crippen LogP contribution >= 0.6 is 0 Å². The third-order valence-corrected chi connectivity index (χ3v) is 3.94. The van der Waals surface area contributed by atoms with E-state index >= 15 is 0 Å². The van der Waals surface area contributed by atoms with E-state index in [-0.39, 0.29) is 6.42 Å². The second-order valence-corrected chi connectivity index (χ2v) is 5.46. The fourth-order valence-electron chi connectivity index (χ4n) is 2.82. The standard InChI is InChI=1S/C16H24N2O2/c1-2-18(12-15-8-5-9-17-15)11-14-7-4-3-6-13(14)10-16(19)20/h3-4,6-7,15,17H,2,5,8-12H2,1H3,(H,19,20). The van der Waals surface area contributed by atoms with Crippen LogP contribution in [0, 0.1) is 0 Å². The summed E-state index contributed by atoms with van der Waals surface area (Å²) in [5.74, 6) is -0.766. The van der Waals surface area contributed by atoms with Crippen LogP contribution in [0.2, 0.25) is 0 Å². The van der Waals surface area contributed by atoms with Gasteiger partial charge in [0, 0.05) is 19.1 Å². The minimum Gasteiger partial charge on any atom is -0.481 e. The molecule has 1 unspecified atom stereocenters. The first-order chi connectivity index (χ1) is 9.69. The zero-order valence-corrected chi connectivity index (χ0v) is 12.1. The molecule has 20 heavy (non-hydrogen) atoms. The summed E-state index contributed by atoms with van der Waals surface area (Å²) in [6.07, 6.45) is 2.61. The molecule has 1 saturated heterocycles. The predicted molar refractivity (Wildman–Crippen MR) is 79.8 cm³/mol. The Bertz CT molecular complexity index is 442. The number of hydrogen-bond acceptors (Lipinski definition) is 3. The number of likely N-dealkylation sites (N-methyl/N-ethyl adjacent to an activating group) is 1. The number of carbonyl (C=O) groups is 1. The van der Waals surface area contributed by atoms with Crippen LogP contribution in [-0.4, -0.2) is 41.7 Å². The van der Waals surface area contributed by atoms with Crippen molar-refractivity contribution in [3.63, 3.8) is 0 Å². The Morgan fingerprint density at radius 2 is 2.15 bits per heavy atom. The maximum Gasteiger partial charge on any atom is 0.307 e. The summed E-state index contributed by atoms with van der Waals surface area (Å²) >= 11 is 0. The third-order valence-electron chi connectivity index (χ3n) is 3.94. The summed E-state index contributed by atoms with van der Waals surface area (Å²) in [7, 11) is 0. The Balaban J connectivity index is 2.00. The van der Waals surface area contributed by atoms with Crippen molar-refractivity contribution in [1.82, 2.24) is 10.2 Å². The molecular weight excluding hydrogens is 252 g/mol. The fourth-order valence-corrected chi connectivity index (χ4v) is 2.82. The van der Waals surface area contributed by atoms with Crippen LogP contribution in [0.5, 0.6) is 0 Å². The predicted octanol–water partition coefficient (Wildman–Crippen LogP) is 1.89. The van der Waals surface area contributed by atoms with E-state index in [0.29, 0.717) is 6.04 Å². The average molecular weight is 276 g/mol. The normalized spacial score (nSPS) is 18.6. The molecule has 2 rings (SSSR count). The van der Waals surface area contributed by atoms with Crippen LogP contribution < -0.4 is 5.32 Å². The average Bonchev–Trinajstić information content (AvgIpc) is 2.92. The Kier molecular flexibility index (Phi) is 5.56. The minimum atomic E-state index is -0.766. The van der Waals surface area contributed by atoms with Crippen molar-refractivity contribution in [1.29, 1.82) is 0 Å². The Labute approximate surface area is 120 Å². The molecule has 0 saturated carbocycles. The molecule has 4 nitrogen and oxygen atoms in total. The molecule has 0 bridgehead atoms. The quantitative estimate of drug-likeness (QED) is 0.798. The molecular formula is C16H24N2O2. The van der Waals surface area contributed by atoms with Gasteiger partial charge in [-0.05, 0) is 37.1 Å². The highest BCUT2D eigenvalue weighted by atomic mass is 16.4. The lowest BCUT2D eigenvalue weighted by atomic mass is 10.0. The molecule has 0 aliphatic carbocycles. The van der Waals surface area contributed by atoms with E-state index in [1.807, 2.05) is 24.3 Å². The largest absolute Gasteiger partial charge is 0.481 e. The molecule has 1 aromatic rings. The molecule has 0 amide bonds. The lowest BCUT2D eigenvalue weighted by Gasteiger charge is -2.25. The van der Waals surface area contributed by atoms with Crippen LogP contribution in [0.25, 0.3) is 0 Å². The highest BCUT2D eigenvalue weighted by molar-refractivity contribution is 5.70. The highest BCUT2D eigenvalue weighted by Crippen LogP contribution is 2.14. The lowest BCUT2D eigenvalue weighted by Crippen LogP contribution is -2.37. The van der Waals surface area contributed by atoms with E-state index in [9.17, 15) is 4.79 Å². The second-order valence-electron chi connectivity index (χ2n) is 5.46. The molecule has 1 fully saturated rings. The van der Waals surface area contributed by atoms with Crippen LogP contribution in [-0.2, 0) is 17.8 Å². The van der Waals surface area contributed by atoms with E-state index in [0.717, 1.165) is 37.3 Å². The number of aliphatic carboxylic acids is 1. The fraction of sp³-hybridized carbons (Fsp3) is 0.562. The van der Waals surface area contributed by atoms with E-state index in [1.165, 1.54) is 12.8 Å². The number of nitrogens with one attached hydrogen (secondary N) is 1. The maximum atomic E-state index is 10.9. The number of carboxylic acids is 1. The smallest absolute Gasteiger partial charge is 0.307 e. The molecule has 0 aromatic heterocycles. The van der Waals surface area contributed by atoms with Gasteiger partial charge < -0.3 is 10.4 Å². The van der Waals surface area contributed by atoms with Crippen molar-refractivity contribution in [2.45, 2.75) is 38.8 Å². The van der Waals surface area contributed by atoms with Gasteiger partial charge in [0.2, 0.25) is 0 Å². The number of nitrogens with zero attached hydrogens (tertiary/aromatic N) is 1. The van der Waals surface area contributed by atoms with E-state index in [1.54, 1.807) is 0 Å². The number of hydrogen-bond donors (Lipinski definition) is 2. The van der Waals surface area contributed by atoms with Crippen LogP contribution in [0.15, 0.2) is 24.3 Å². The summed E-state index contributed by atoms with van der Waals surface area (Å²) in [6, 6.07) is 8.45. The van der Waals surface area contributed by atoms with Gasteiger partial charge in [-0.2, -0.15) is 0 Å². The first kappa shape index (κ1) is 15.0. The molecule has 1 aromatic carbocycles. The molecule has 1 heterocycles. The number of rotatable bonds is 7. The van der Waals surface area contributed by atoms with E-state index < -0.39 is 5.97 Å². The van der Waals surface area contributed by atoms with Crippen molar-refractivity contribution in [2.75, 3.05) is 19.6 Å². The summed E-state index contributed by atoms with van der Waals surface area (Å²) in [4.78, 5) is 13.3. The van der Waals surface area contributed by atoms with Gasteiger partial charge >= 0.3 is 5.97 Å². The van der Waals surface area contributed by atoms with Crippen LogP contribution in [0.1, 0.15) is 30.9 Å². The van der Waals surface area contributed by atoms with Gasteiger partial charge in [0.15, 0.2) is 0 Å². The third kappa shape index (κ3) is 4.32. The van der Waals surface area contributed by atoms with Crippen molar-refractivity contribution in [3.8, 4) is 0 Å². The van der Waals surface area contributed by atoms with Gasteiger partial charge in [-0.25, -0.2) is 0 Å². The molecule has 1 atom stereocenters. The van der Waals surface area contributed by atoms with Gasteiger partial charge in [-0.1, -0.05) is 31.2 Å². The summed E-state index contributed by atoms with van der Waals surface area (Å²) in [6.45, 7) is 6.14. The van der Waals surface area contributed by atoms with Gasteiger partial charge in [0.05, 0.1) is 6.42 Å². The first-order valence-corrected chi connectivity index (χ1v) is 7.43. The zero-order valence-electron chi connectivity index (χ0n) is 12.1. The van der Waals surface area contributed by atoms with E-state index in [2.05, 4.69) is 17.1 Å². The molecule has 2 N–H and O–H groups in total. The van der Waals surface area contributed by atoms with Crippen molar-refractivity contribution < 1.29 is 9.90 Å². The molecule has 110 valence electrons.